The van der Waals surface area contributed by atoms with Gasteiger partial charge in [-0.3, -0.25) is 4.79 Å². The van der Waals surface area contributed by atoms with Crippen LogP contribution in [-0.2, 0) is 4.79 Å². The molecular formula is C11H14N4OS2. The first-order valence-electron chi connectivity index (χ1n) is 5.61. The number of carbonyl (C=O) groups is 1. The van der Waals surface area contributed by atoms with Crippen LogP contribution < -0.4 is 11.1 Å². The van der Waals surface area contributed by atoms with Crippen molar-refractivity contribution in [1.29, 1.82) is 0 Å². The molecule has 0 radical (unpaired) electrons. The van der Waals surface area contributed by atoms with Crippen molar-refractivity contribution in [3.63, 3.8) is 0 Å². The van der Waals surface area contributed by atoms with Gasteiger partial charge >= 0.3 is 0 Å². The Kier molecular flexibility index (Phi) is 4.38. The number of fused-ring (bicyclic) bond motifs is 1. The van der Waals surface area contributed by atoms with Crippen LogP contribution in [0.15, 0.2) is 16.6 Å². The molecule has 0 aliphatic carbocycles. The molecule has 0 unspecified atom stereocenters. The number of hydrogen-bond acceptors (Lipinski definition) is 6. The van der Waals surface area contributed by atoms with Gasteiger partial charge in [0.05, 0.1) is 5.39 Å². The van der Waals surface area contributed by atoms with Gasteiger partial charge in [-0.2, -0.15) is 0 Å². The van der Waals surface area contributed by atoms with Crippen molar-refractivity contribution in [1.82, 2.24) is 15.3 Å². The molecule has 0 saturated heterocycles. The van der Waals surface area contributed by atoms with Crippen LogP contribution in [0.25, 0.3) is 10.2 Å². The maximum absolute atomic E-state index is 11.3. The number of thioether (sulfide) groups is 1. The van der Waals surface area contributed by atoms with Gasteiger partial charge in [0.1, 0.15) is 10.6 Å². The Morgan fingerprint density at radius 1 is 1.56 bits per heavy atom. The van der Waals surface area contributed by atoms with Crippen LogP contribution in [0, 0.1) is 0 Å². The van der Waals surface area contributed by atoms with Gasteiger partial charge in [-0.1, -0.05) is 11.8 Å². The molecule has 2 aromatic heterocycles. The van der Waals surface area contributed by atoms with Crippen molar-refractivity contribution in [2.75, 3.05) is 18.0 Å². The summed E-state index contributed by atoms with van der Waals surface area (Å²) in [5, 5.41) is 6.22. The van der Waals surface area contributed by atoms with Crippen molar-refractivity contribution in [3.8, 4) is 0 Å². The van der Waals surface area contributed by atoms with Gasteiger partial charge in [-0.15, -0.1) is 11.3 Å². The van der Waals surface area contributed by atoms with Gasteiger partial charge in [0.15, 0.2) is 5.16 Å². The van der Waals surface area contributed by atoms with Crippen LogP contribution in [0.5, 0.6) is 0 Å². The summed E-state index contributed by atoms with van der Waals surface area (Å²) in [6.07, 6.45) is 0.463. The third-order valence-corrected chi connectivity index (χ3v) is 3.92. The first-order valence-corrected chi connectivity index (χ1v) is 7.47. The Morgan fingerprint density at radius 3 is 3.17 bits per heavy atom. The van der Waals surface area contributed by atoms with Gasteiger partial charge in [-0.05, 0) is 18.4 Å². The van der Waals surface area contributed by atoms with E-state index in [0.717, 1.165) is 10.2 Å². The summed E-state index contributed by atoms with van der Waals surface area (Å²) in [7, 11) is 0. The number of nitrogens with two attached hydrogens (primary N) is 1. The van der Waals surface area contributed by atoms with E-state index in [1.165, 1.54) is 23.1 Å². The summed E-state index contributed by atoms with van der Waals surface area (Å²) in [6, 6.07) is 1.92. The molecule has 0 aliphatic rings. The van der Waals surface area contributed by atoms with E-state index < -0.39 is 0 Å². The molecule has 0 bridgehead atoms. The highest BCUT2D eigenvalue weighted by Gasteiger charge is 2.07. The molecule has 2 rings (SSSR count). The molecular weight excluding hydrogens is 268 g/mol. The van der Waals surface area contributed by atoms with Gasteiger partial charge in [0.2, 0.25) is 5.91 Å². The number of nitrogens with zero attached hydrogens (tertiary/aromatic N) is 2. The molecule has 0 aromatic carbocycles. The molecule has 3 N–H and O–H groups in total. The third-order valence-electron chi connectivity index (χ3n) is 2.27. The minimum absolute atomic E-state index is 0.0511. The zero-order valence-corrected chi connectivity index (χ0v) is 11.6. The summed E-state index contributed by atoms with van der Waals surface area (Å²) in [4.78, 5) is 20.8. The molecule has 2 aromatic rings. The number of nitrogen functional groups attached to an aromatic ring is 1. The lowest BCUT2D eigenvalue weighted by Crippen LogP contribution is -2.22. The summed E-state index contributed by atoms with van der Waals surface area (Å²) in [5.74, 6) is 1.21. The zero-order valence-electron chi connectivity index (χ0n) is 9.97. The molecule has 0 saturated carbocycles. The fourth-order valence-electron chi connectivity index (χ4n) is 1.44. The molecule has 5 nitrogen and oxygen atoms in total. The standard InChI is InChI=1S/C11H14N4OS2/c1-2-13-8(16)4-6-18-11-14-9(12)7-3-5-17-10(7)15-11/h3,5H,2,4,6H2,1H3,(H,13,16)(H2,12,14,15). The van der Waals surface area contributed by atoms with Crippen molar-refractivity contribution in [2.45, 2.75) is 18.5 Å². The summed E-state index contributed by atoms with van der Waals surface area (Å²) >= 11 is 2.99. The Labute approximate surface area is 113 Å². The molecule has 0 spiro atoms. The Hall–Kier alpha value is -1.34. The minimum Gasteiger partial charge on any atom is -0.383 e. The van der Waals surface area contributed by atoms with E-state index in [2.05, 4.69) is 15.3 Å². The second kappa shape index (κ2) is 6.01. The lowest BCUT2D eigenvalue weighted by Gasteiger charge is -2.03. The number of anilines is 1. The number of nitrogens with one attached hydrogen (secondary N) is 1. The van der Waals surface area contributed by atoms with E-state index >= 15 is 0 Å². The van der Waals surface area contributed by atoms with Gasteiger partial charge < -0.3 is 11.1 Å². The predicted octanol–water partition coefficient (Wildman–Crippen LogP) is 1.89. The molecule has 96 valence electrons. The SMILES string of the molecule is CCNC(=O)CCSc1nc(N)c2ccsc2n1. The number of rotatable bonds is 5. The van der Waals surface area contributed by atoms with E-state index in [4.69, 9.17) is 5.73 Å². The van der Waals surface area contributed by atoms with Crippen molar-refractivity contribution in [3.05, 3.63) is 11.4 Å². The molecule has 2 heterocycles. The summed E-state index contributed by atoms with van der Waals surface area (Å²) in [6.45, 7) is 2.56. The highest BCUT2D eigenvalue weighted by atomic mass is 32.2. The average molecular weight is 282 g/mol. The Bertz CT molecular complexity index is 555. The maximum atomic E-state index is 11.3. The monoisotopic (exact) mass is 282 g/mol. The van der Waals surface area contributed by atoms with Gasteiger partial charge in [0, 0.05) is 18.7 Å². The van der Waals surface area contributed by atoms with Crippen molar-refractivity contribution in [2.24, 2.45) is 0 Å². The van der Waals surface area contributed by atoms with Crippen LogP contribution in [0.3, 0.4) is 0 Å². The number of carbonyl (C=O) groups excluding carboxylic acids is 1. The smallest absolute Gasteiger partial charge is 0.220 e. The van der Waals surface area contributed by atoms with Crippen LogP contribution in [0.1, 0.15) is 13.3 Å². The Morgan fingerprint density at radius 2 is 2.39 bits per heavy atom. The van der Waals surface area contributed by atoms with Crippen LogP contribution >= 0.6 is 23.1 Å². The molecule has 1 amide bonds. The molecule has 7 heteroatoms. The second-order valence-corrected chi connectivity index (χ2v) is 5.54. The quantitative estimate of drug-likeness (QED) is 0.646. The normalized spacial score (nSPS) is 10.7. The second-order valence-electron chi connectivity index (χ2n) is 3.58. The topological polar surface area (TPSA) is 80.9 Å². The lowest BCUT2D eigenvalue weighted by atomic mass is 10.4. The number of aromatic nitrogens is 2. The van der Waals surface area contributed by atoms with E-state index in [-0.39, 0.29) is 5.91 Å². The van der Waals surface area contributed by atoms with E-state index in [0.29, 0.717) is 29.7 Å². The van der Waals surface area contributed by atoms with Crippen LogP contribution in [0.4, 0.5) is 5.82 Å². The summed E-state index contributed by atoms with van der Waals surface area (Å²) < 4.78 is 0. The average Bonchev–Trinajstić information content (AvgIpc) is 2.78. The van der Waals surface area contributed by atoms with Crippen molar-refractivity contribution < 1.29 is 4.79 Å². The van der Waals surface area contributed by atoms with E-state index in [9.17, 15) is 4.79 Å². The molecule has 0 atom stereocenters. The minimum atomic E-state index is 0.0511. The van der Waals surface area contributed by atoms with E-state index in [1.807, 2.05) is 18.4 Å². The van der Waals surface area contributed by atoms with Crippen LogP contribution in [0.2, 0.25) is 0 Å². The molecule has 18 heavy (non-hydrogen) atoms. The first kappa shape index (κ1) is 13.1. The number of hydrogen-bond donors (Lipinski definition) is 2. The highest BCUT2D eigenvalue weighted by molar-refractivity contribution is 7.99. The highest BCUT2D eigenvalue weighted by Crippen LogP contribution is 2.26. The fraction of sp³-hybridized carbons (Fsp3) is 0.364. The first-order chi connectivity index (χ1) is 8.70. The van der Waals surface area contributed by atoms with Crippen LogP contribution in [-0.4, -0.2) is 28.2 Å². The zero-order chi connectivity index (χ0) is 13.0. The maximum Gasteiger partial charge on any atom is 0.220 e. The molecule has 0 aliphatic heterocycles. The lowest BCUT2D eigenvalue weighted by molar-refractivity contribution is -0.120. The summed E-state index contributed by atoms with van der Waals surface area (Å²) in [5.41, 5.74) is 5.84. The Balaban J connectivity index is 1.97. The number of amides is 1. The largest absolute Gasteiger partial charge is 0.383 e. The fourth-order valence-corrected chi connectivity index (χ4v) is 3.06. The number of thiophene rings is 1. The molecule has 0 fully saturated rings. The van der Waals surface area contributed by atoms with Gasteiger partial charge in [-0.25, -0.2) is 9.97 Å². The third kappa shape index (κ3) is 3.11. The van der Waals surface area contributed by atoms with Gasteiger partial charge in [0.25, 0.3) is 0 Å². The van der Waals surface area contributed by atoms with Crippen molar-refractivity contribution >= 4 is 45.0 Å². The van der Waals surface area contributed by atoms with E-state index in [1.54, 1.807) is 0 Å². The predicted molar refractivity (Wildman–Crippen MR) is 75.9 cm³/mol.